The van der Waals surface area contributed by atoms with E-state index < -0.39 is 0 Å². The summed E-state index contributed by atoms with van der Waals surface area (Å²) in [6, 6.07) is 4.87. The first-order valence-corrected chi connectivity index (χ1v) is 7.24. The molecule has 1 aromatic carbocycles. The van der Waals surface area contributed by atoms with Gasteiger partial charge in [-0.05, 0) is 56.5 Å². The summed E-state index contributed by atoms with van der Waals surface area (Å²) < 4.78 is 18.4. The lowest BCUT2D eigenvalue weighted by atomic mass is 9.97. The molecule has 20 heavy (non-hydrogen) atoms. The van der Waals surface area contributed by atoms with Gasteiger partial charge in [0.25, 0.3) is 0 Å². The molecule has 1 aliphatic rings. The van der Waals surface area contributed by atoms with Gasteiger partial charge in [0.2, 0.25) is 0 Å². The number of piperidine rings is 1. The molecule has 1 aliphatic heterocycles. The molecule has 0 unspecified atom stereocenters. The van der Waals surface area contributed by atoms with Gasteiger partial charge < -0.3 is 4.74 Å². The molecule has 0 N–H and O–H groups in total. The van der Waals surface area contributed by atoms with Crippen LogP contribution in [0.5, 0.6) is 0 Å². The van der Waals surface area contributed by atoms with Crippen LogP contribution in [-0.4, -0.2) is 30.6 Å². The minimum Gasteiger partial charge on any atom is -0.466 e. The summed E-state index contributed by atoms with van der Waals surface area (Å²) in [6.07, 6.45) is 1.87. The van der Waals surface area contributed by atoms with Gasteiger partial charge in [-0.1, -0.05) is 6.07 Å². The van der Waals surface area contributed by atoms with Crippen molar-refractivity contribution in [2.75, 3.05) is 19.7 Å². The molecular weight excluding hydrogens is 257 g/mol. The van der Waals surface area contributed by atoms with Crippen molar-refractivity contribution in [3.63, 3.8) is 0 Å². The van der Waals surface area contributed by atoms with Gasteiger partial charge >= 0.3 is 5.97 Å². The average molecular weight is 279 g/mol. The molecular formula is C16H22FNO2. The molecule has 1 atom stereocenters. The van der Waals surface area contributed by atoms with E-state index in [1.54, 1.807) is 12.1 Å². The van der Waals surface area contributed by atoms with Gasteiger partial charge in [-0.3, -0.25) is 9.69 Å². The Morgan fingerprint density at radius 1 is 1.50 bits per heavy atom. The minimum atomic E-state index is -0.204. The van der Waals surface area contributed by atoms with Crippen molar-refractivity contribution in [2.24, 2.45) is 5.92 Å². The van der Waals surface area contributed by atoms with Crippen LogP contribution in [0.3, 0.4) is 0 Å². The highest BCUT2D eigenvalue weighted by atomic mass is 19.1. The van der Waals surface area contributed by atoms with E-state index in [-0.39, 0.29) is 17.7 Å². The molecule has 110 valence electrons. The smallest absolute Gasteiger partial charge is 0.310 e. The summed E-state index contributed by atoms with van der Waals surface area (Å²) in [7, 11) is 0. The monoisotopic (exact) mass is 279 g/mol. The van der Waals surface area contributed by atoms with Gasteiger partial charge in [0.05, 0.1) is 12.5 Å². The van der Waals surface area contributed by atoms with Crippen LogP contribution in [-0.2, 0) is 16.1 Å². The van der Waals surface area contributed by atoms with Crippen molar-refractivity contribution >= 4 is 5.97 Å². The third kappa shape index (κ3) is 3.79. The van der Waals surface area contributed by atoms with Gasteiger partial charge in [-0.2, -0.15) is 0 Å². The topological polar surface area (TPSA) is 29.5 Å². The average Bonchev–Trinajstić information content (AvgIpc) is 2.43. The van der Waals surface area contributed by atoms with Crippen molar-refractivity contribution < 1.29 is 13.9 Å². The molecule has 1 aromatic rings. The zero-order chi connectivity index (χ0) is 14.5. The number of rotatable bonds is 4. The highest BCUT2D eigenvalue weighted by Crippen LogP contribution is 2.21. The molecule has 0 saturated carbocycles. The van der Waals surface area contributed by atoms with Crippen molar-refractivity contribution in [3.8, 4) is 0 Å². The van der Waals surface area contributed by atoms with Crippen LogP contribution < -0.4 is 0 Å². The van der Waals surface area contributed by atoms with Gasteiger partial charge in [-0.25, -0.2) is 4.39 Å². The molecule has 0 aromatic heterocycles. The van der Waals surface area contributed by atoms with E-state index in [0.29, 0.717) is 19.7 Å². The maximum absolute atomic E-state index is 13.3. The van der Waals surface area contributed by atoms with Crippen LogP contribution in [0.4, 0.5) is 4.39 Å². The number of likely N-dealkylation sites (tertiary alicyclic amines) is 1. The van der Waals surface area contributed by atoms with Crippen LogP contribution >= 0.6 is 0 Å². The molecule has 0 spiro atoms. The summed E-state index contributed by atoms with van der Waals surface area (Å²) in [4.78, 5) is 14.0. The second-order valence-corrected chi connectivity index (χ2v) is 5.40. The van der Waals surface area contributed by atoms with Crippen molar-refractivity contribution in [1.29, 1.82) is 0 Å². The Kier molecular flexibility index (Phi) is 5.12. The molecule has 2 rings (SSSR count). The van der Waals surface area contributed by atoms with E-state index >= 15 is 0 Å². The Hall–Kier alpha value is -1.42. The van der Waals surface area contributed by atoms with Gasteiger partial charge in [0, 0.05) is 13.1 Å². The van der Waals surface area contributed by atoms with Crippen LogP contribution in [0.1, 0.15) is 30.9 Å². The Morgan fingerprint density at radius 2 is 2.30 bits per heavy atom. The highest BCUT2D eigenvalue weighted by Gasteiger charge is 2.26. The van der Waals surface area contributed by atoms with E-state index in [9.17, 15) is 9.18 Å². The van der Waals surface area contributed by atoms with E-state index in [1.807, 2.05) is 13.8 Å². The molecule has 0 radical (unpaired) electrons. The first-order chi connectivity index (χ1) is 9.60. The van der Waals surface area contributed by atoms with Gasteiger partial charge in [-0.15, -0.1) is 0 Å². The number of hydrogen-bond donors (Lipinski definition) is 0. The molecule has 1 heterocycles. The summed E-state index contributed by atoms with van der Waals surface area (Å²) in [5.74, 6) is -0.352. The zero-order valence-electron chi connectivity index (χ0n) is 12.2. The number of benzene rings is 1. The molecule has 0 aliphatic carbocycles. The Labute approximate surface area is 119 Å². The number of aryl methyl sites for hydroxylation is 1. The number of nitrogens with zero attached hydrogens (tertiary/aromatic N) is 1. The SMILES string of the molecule is CCOC(=O)[C@H]1CCCN(Cc2cc(F)ccc2C)C1. The van der Waals surface area contributed by atoms with E-state index in [1.165, 1.54) is 6.07 Å². The number of ether oxygens (including phenoxy) is 1. The first-order valence-electron chi connectivity index (χ1n) is 7.24. The standard InChI is InChI=1S/C16H22FNO2/c1-3-20-16(19)13-5-4-8-18(10-13)11-14-9-15(17)7-6-12(14)2/h6-7,9,13H,3-5,8,10-11H2,1-2H3/t13-/m0/s1. The number of halogens is 1. The number of carbonyl (C=O) groups excluding carboxylic acids is 1. The predicted octanol–water partition coefficient (Wildman–Crippen LogP) is 2.91. The van der Waals surface area contributed by atoms with Crippen LogP contribution in [0, 0.1) is 18.7 Å². The fraction of sp³-hybridized carbons (Fsp3) is 0.562. The first kappa shape index (κ1) is 15.0. The lowest BCUT2D eigenvalue weighted by molar-refractivity contribution is -0.150. The lowest BCUT2D eigenvalue weighted by Crippen LogP contribution is -2.39. The van der Waals surface area contributed by atoms with E-state index in [0.717, 1.165) is 30.5 Å². The Morgan fingerprint density at radius 3 is 3.05 bits per heavy atom. The number of esters is 1. The third-order valence-corrected chi connectivity index (χ3v) is 3.83. The highest BCUT2D eigenvalue weighted by molar-refractivity contribution is 5.72. The van der Waals surface area contributed by atoms with Crippen molar-refractivity contribution in [2.45, 2.75) is 33.2 Å². The third-order valence-electron chi connectivity index (χ3n) is 3.83. The maximum Gasteiger partial charge on any atom is 0.310 e. The molecule has 1 saturated heterocycles. The summed E-state index contributed by atoms with van der Waals surface area (Å²) >= 11 is 0. The van der Waals surface area contributed by atoms with E-state index in [2.05, 4.69) is 4.90 Å². The largest absolute Gasteiger partial charge is 0.466 e. The molecule has 3 nitrogen and oxygen atoms in total. The van der Waals surface area contributed by atoms with Crippen LogP contribution in [0.2, 0.25) is 0 Å². The normalized spacial score (nSPS) is 19.9. The molecule has 0 amide bonds. The summed E-state index contributed by atoms with van der Waals surface area (Å²) in [5, 5.41) is 0. The van der Waals surface area contributed by atoms with Gasteiger partial charge in [0.1, 0.15) is 5.82 Å². The lowest BCUT2D eigenvalue weighted by Gasteiger charge is -2.31. The predicted molar refractivity (Wildman–Crippen MR) is 75.8 cm³/mol. The number of carbonyl (C=O) groups is 1. The van der Waals surface area contributed by atoms with Crippen LogP contribution in [0.25, 0.3) is 0 Å². The second kappa shape index (κ2) is 6.84. The fourth-order valence-corrected chi connectivity index (χ4v) is 2.70. The molecule has 4 heteroatoms. The maximum atomic E-state index is 13.3. The zero-order valence-corrected chi connectivity index (χ0v) is 12.2. The Bertz CT molecular complexity index is 476. The summed E-state index contributed by atoms with van der Waals surface area (Å²) in [5.41, 5.74) is 2.08. The molecule has 0 bridgehead atoms. The van der Waals surface area contributed by atoms with Crippen LogP contribution in [0.15, 0.2) is 18.2 Å². The Balaban J connectivity index is 1.99. The van der Waals surface area contributed by atoms with Crippen molar-refractivity contribution in [1.82, 2.24) is 4.90 Å². The second-order valence-electron chi connectivity index (χ2n) is 5.40. The summed E-state index contributed by atoms with van der Waals surface area (Å²) in [6.45, 7) is 6.59. The fourth-order valence-electron chi connectivity index (χ4n) is 2.70. The van der Waals surface area contributed by atoms with Gasteiger partial charge in [0.15, 0.2) is 0 Å². The van der Waals surface area contributed by atoms with E-state index in [4.69, 9.17) is 4.74 Å². The number of hydrogen-bond acceptors (Lipinski definition) is 3. The molecule has 1 fully saturated rings. The minimum absolute atomic E-state index is 0.0439. The van der Waals surface area contributed by atoms with Crippen molar-refractivity contribution in [3.05, 3.63) is 35.1 Å². The quantitative estimate of drug-likeness (QED) is 0.794.